The van der Waals surface area contributed by atoms with Crippen molar-refractivity contribution in [2.24, 2.45) is 0 Å². The van der Waals surface area contributed by atoms with Gasteiger partial charge in [0.1, 0.15) is 23.0 Å². The summed E-state index contributed by atoms with van der Waals surface area (Å²) in [5.74, 6) is 0.497. The third-order valence-electron chi connectivity index (χ3n) is 4.08. The van der Waals surface area contributed by atoms with Crippen LogP contribution in [0, 0.1) is 0 Å². The highest BCUT2D eigenvalue weighted by Crippen LogP contribution is 2.27. The van der Waals surface area contributed by atoms with Crippen LogP contribution in [0.1, 0.15) is 16.1 Å². The molecule has 7 nitrogen and oxygen atoms in total. The number of benzene rings is 2. The molecule has 0 spiro atoms. The zero-order chi connectivity index (χ0) is 21.5. The summed E-state index contributed by atoms with van der Waals surface area (Å²) < 4.78 is 15.5. The van der Waals surface area contributed by atoms with Gasteiger partial charge in [-0.05, 0) is 54.6 Å². The highest BCUT2D eigenvalue weighted by Gasteiger charge is 2.16. The molecule has 2 amide bonds. The van der Waals surface area contributed by atoms with E-state index in [1.165, 1.54) is 26.6 Å². The van der Waals surface area contributed by atoms with Gasteiger partial charge in [-0.2, -0.15) is 0 Å². The average Bonchev–Trinajstić information content (AvgIpc) is 3.26. The van der Waals surface area contributed by atoms with Gasteiger partial charge in [0.25, 0.3) is 11.8 Å². The number of carbonyl (C=O) groups excluding carboxylic acids is 2. The number of hydrogen-bond acceptors (Lipinski definition) is 5. The molecule has 1 aromatic heterocycles. The molecular formula is C22H19ClN2O5. The van der Waals surface area contributed by atoms with Crippen molar-refractivity contribution in [3.8, 4) is 11.5 Å². The van der Waals surface area contributed by atoms with Crippen LogP contribution >= 0.6 is 11.6 Å². The first-order valence-corrected chi connectivity index (χ1v) is 9.23. The largest absolute Gasteiger partial charge is 0.497 e. The third-order valence-corrected chi connectivity index (χ3v) is 4.38. The van der Waals surface area contributed by atoms with Crippen molar-refractivity contribution in [2.75, 3.05) is 19.5 Å². The van der Waals surface area contributed by atoms with E-state index in [9.17, 15) is 9.59 Å². The number of amides is 2. The molecule has 0 aliphatic carbocycles. The normalized spacial score (nSPS) is 11.0. The Hall–Kier alpha value is -3.71. The molecule has 0 unspecified atom stereocenters. The maximum absolute atomic E-state index is 12.8. The van der Waals surface area contributed by atoms with E-state index in [1.807, 2.05) is 0 Å². The Balaban J connectivity index is 1.82. The van der Waals surface area contributed by atoms with Crippen molar-refractivity contribution in [2.45, 2.75) is 0 Å². The summed E-state index contributed by atoms with van der Waals surface area (Å²) in [5.41, 5.74) is 0.800. The SMILES string of the molecule is COc1ccc(C(=O)N/C(=C\c2ccco2)C(=O)Nc2ccc(OC)c(Cl)c2)cc1. The molecule has 1 heterocycles. The standard InChI is InChI=1S/C22H19ClN2O5/c1-28-16-8-5-14(6-9-16)21(26)25-19(13-17-4-3-11-30-17)22(27)24-15-7-10-20(29-2)18(23)12-15/h3-13H,1-2H3,(H,24,27)(H,25,26)/b19-13-. The van der Waals surface area contributed by atoms with Gasteiger partial charge >= 0.3 is 0 Å². The van der Waals surface area contributed by atoms with Gasteiger partial charge in [-0.1, -0.05) is 11.6 Å². The van der Waals surface area contributed by atoms with E-state index in [1.54, 1.807) is 54.6 Å². The van der Waals surface area contributed by atoms with Gasteiger partial charge in [-0.3, -0.25) is 9.59 Å². The summed E-state index contributed by atoms with van der Waals surface area (Å²) >= 11 is 6.11. The first-order valence-electron chi connectivity index (χ1n) is 8.85. The van der Waals surface area contributed by atoms with Crippen LogP contribution in [-0.4, -0.2) is 26.0 Å². The van der Waals surface area contributed by atoms with Crippen LogP contribution in [0.2, 0.25) is 5.02 Å². The van der Waals surface area contributed by atoms with Gasteiger partial charge in [0.05, 0.1) is 25.5 Å². The number of rotatable bonds is 7. The minimum atomic E-state index is -0.547. The summed E-state index contributed by atoms with van der Waals surface area (Å²) in [6.07, 6.45) is 2.90. The number of carbonyl (C=O) groups is 2. The molecule has 30 heavy (non-hydrogen) atoms. The van der Waals surface area contributed by atoms with Gasteiger partial charge < -0.3 is 24.5 Å². The van der Waals surface area contributed by atoms with E-state index < -0.39 is 11.8 Å². The number of halogens is 1. The number of anilines is 1. The van der Waals surface area contributed by atoms with Crippen LogP contribution < -0.4 is 20.1 Å². The summed E-state index contributed by atoms with van der Waals surface area (Å²) in [7, 11) is 3.04. The second-order valence-electron chi connectivity index (χ2n) is 6.06. The molecular weight excluding hydrogens is 408 g/mol. The Morgan fingerprint density at radius 1 is 1.03 bits per heavy atom. The second kappa shape index (κ2) is 9.67. The van der Waals surface area contributed by atoms with Gasteiger partial charge in [0, 0.05) is 17.3 Å². The van der Waals surface area contributed by atoms with Gasteiger partial charge in [-0.25, -0.2) is 0 Å². The number of nitrogens with one attached hydrogen (secondary N) is 2. The monoisotopic (exact) mass is 426 g/mol. The van der Waals surface area contributed by atoms with Crippen LogP contribution in [-0.2, 0) is 4.79 Å². The molecule has 3 aromatic rings. The van der Waals surface area contributed by atoms with E-state index in [0.717, 1.165) is 0 Å². The van der Waals surface area contributed by atoms with Crippen LogP contribution in [0.25, 0.3) is 6.08 Å². The van der Waals surface area contributed by atoms with Crippen LogP contribution in [0.15, 0.2) is 71.0 Å². The minimum absolute atomic E-state index is 0.00212. The Morgan fingerprint density at radius 3 is 2.40 bits per heavy atom. The zero-order valence-corrected chi connectivity index (χ0v) is 17.0. The molecule has 0 radical (unpaired) electrons. The van der Waals surface area contributed by atoms with Gasteiger partial charge in [0.2, 0.25) is 0 Å². The first-order chi connectivity index (χ1) is 14.5. The molecule has 8 heteroatoms. The number of hydrogen-bond donors (Lipinski definition) is 2. The number of methoxy groups -OCH3 is 2. The molecule has 3 rings (SSSR count). The lowest BCUT2D eigenvalue weighted by Gasteiger charge is -2.12. The van der Waals surface area contributed by atoms with E-state index in [0.29, 0.717) is 33.5 Å². The summed E-state index contributed by atoms with van der Waals surface area (Å²) in [5, 5.41) is 5.66. The lowest BCUT2D eigenvalue weighted by atomic mass is 10.2. The fourth-order valence-corrected chi connectivity index (χ4v) is 2.81. The van der Waals surface area contributed by atoms with Crippen molar-refractivity contribution in [1.82, 2.24) is 5.32 Å². The molecule has 0 saturated heterocycles. The lowest BCUT2D eigenvalue weighted by Crippen LogP contribution is -2.30. The molecule has 154 valence electrons. The van der Waals surface area contributed by atoms with Crippen molar-refractivity contribution in [1.29, 1.82) is 0 Å². The highest BCUT2D eigenvalue weighted by atomic mass is 35.5. The van der Waals surface area contributed by atoms with Crippen LogP contribution in [0.4, 0.5) is 5.69 Å². The quantitative estimate of drug-likeness (QED) is 0.548. The average molecular weight is 427 g/mol. The predicted octanol–water partition coefficient (Wildman–Crippen LogP) is 4.36. The van der Waals surface area contributed by atoms with Gasteiger partial charge in [0.15, 0.2) is 0 Å². The third kappa shape index (κ3) is 5.21. The van der Waals surface area contributed by atoms with E-state index in [-0.39, 0.29) is 5.70 Å². The fourth-order valence-electron chi connectivity index (χ4n) is 2.55. The fraction of sp³-hybridized carbons (Fsp3) is 0.0909. The van der Waals surface area contributed by atoms with Crippen LogP contribution in [0.3, 0.4) is 0 Å². The van der Waals surface area contributed by atoms with Gasteiger partial charge in [-0.15, -0.1) is 0 Å². The molecule has 0 aliphatic rings. The molecule has 0 bridgehead atoms. The number of ether oxygens (including phenoxy) is 2. The highest BCUT2D eigenvalue weighted by molar-refractivity contribution is 6.32. The number of furan rings is 1. The predicted molar refractivity (Wildman–Crippen MR) is 114 cm³/mol. The lowest BCUT2D eigenvalue weighted by molar-refractivity contribution is -0.113. The Kier molecular flexibility index (Phi) is 6.77. The smallest absolute Gasteiger partial charge is 0.272 e. The van der Waals surface area contributed by atoms with Crippen molar-refractivity contribution < 1.29 is 23.5 Å². The molecule has 0 saturated carbocycles. The molecule has 0 atom stereocenters. The van der Waals surface area contributed by atoms with Crippen molar-refractivity contribution >= 4 is 35.2 Å². The van der Waals surface area contributed by atoms with E-state index in [4.69, 9.17) is 25.5 Å². The molecule has 2 N–H and O–H groups in total. The Morgan fingerprint density at radius 2 is 1.80 bits per heavy atom. The second-order valence-corrected chi connectivity index (χ2v) is 6.47. The summed E-state index contributed by atoms with van der Waals surface area (Å²) in [4.78, 5) is 25.5. The molecule has 0 fully saturated rings. The minimum Gasteiger partial charge on any atom is -0.497 e. The molecule has 2 aromatic carbocycles. The summed E-state index contributed by atoms with van der Waals surface area (Å²) in [6.45, 7) is 0. The molecule has 0 aliphatic heterocycles. The maximum Gasteiger partial charge on any atom is 0.272 e. The zero-order valence-electron chi connectivity index (χ0n) is 16.3. The Bertz CT molecular complexity index is 1060. The Labute approximate surface area is 178 Å². The maximum atomic E-state index is 12.8. The van der Waals surface area contributed by atoms with Crippen molar-refractivity contribution in [3.63, 3.8) is 0 Å². The van der Waals surface area contributed by atoms with Crippen molar-refractivity contribution in [3.05, 3.63) is 82.9 Å². The van der Waals surface area contributed by atoms with E-state index in [2.05, 4.69) is 10.6 Å². The first kappa shape index (κ1) is 21.0. The van der Waals surface area contributed by atoms with Crippen LogP contribution in [0.5, 0.6) is 11.5 Å². The topological polar surface area (TPSA) is 89.8 Å². The van der Waals surface area contributed by atoms with E-state index >= 15 is 0 Å². The summed E-state index contributed by atoms with van der Waals surface area (Å²) in [6, 6.07) is 14.7.